The minimum atomic E-state index is -5.08. The Morgan fingerprint density at radius 3 is 2.50 bits per heavy atom. The Labute approximate surface area is 273 Å². The van der Waals surface area contributed by atoms with Crippen LogP contribution in [0.4, 0.5) is 34.6 Å². The van der Waals surface area contributed by atoms with Crippen LogP contribution in [0.25, 0.3) is 5.65 Å². The number of likely N-dealkylation sites (N-methyl/N-ethyl adjacent to an activating group) is 1. The number of aromatic nitrogens is 4. The van der Waals surface area contributed by atoms with E-state index in [-0.39, 0.29) is 41.3 Å². The van der Waals surface area contributed by atoms with E-state index in [1.807, 2.05) is 6.07 Å². The maximum absolute atomic E-state index is 16.1. The molecule has 0 aliphatic carbocycles. The molecule has 4 heterocycles. The molecule has 1 saturated heterocycles. The molecular weight excluding hydrogens is 628 g/mol. The number of aryl methyl sites for hydroxylation is 1. The number of amides is 2. The Balaban J connectivity index is 1.50. The number of benzene rings is 2. The number of hydrogen-bond acceptors (Lipinski definition) is 6. The maximum Gasteiger partial charge on any atom is 0.419 e. The molecule has 10 nitrogen and oxygen atoms in total. The molecule has 0 bridgehead atoms. The third kappa shape index (κ3) is 6.45. The SMILES string of the molecule is Cc1c(CN2CCN(C)C(=O)C2)c(C#Cc2cnc3c(Nc4cnn(C)c4)cccn23)c(NC(=O)c2ccccc2)c(F)c1C(F)(F)F. The van der Waals surface area contributed by atoms with Crippen molar-refractivity contribution < 1.29 is 27.2 Å². The largest absolute Gasteiger partial charge is 0.419 e. The molecule has 3 aromatic heterocycles. The lowest BCUT2D eigenvalue weighted by atomic mass is 9.93. The molecule has 0 unspecified atom stereocenters. The number of anilines is 3. The van der Waals surface area contributed by atoms with Crippen molar-refractivity contribution in [3.8, 4) is 11.8 Å². The Morgan fingerprint density at radius 1 is 1.04 bits per heavy atom. The molecule has 0 saturated carbocycles. The third-order valence-corrected chi connectivity index (χ3v) is 8.13. The maximum atomic E-state index is 16.1. The predicted octanol–water partition coefficient (Wildman–Crippen LogP) is 5.20. The van der Waals surface area contributed by atoms with E-state index in [0.717, 1.165) is 5.69 Å². The monoisotopic (exact) mass is 658 g/mol. The Morgan fingerprint density at radius 2 is 1.81 bits per heavy atom. The first-order chi connectivity index (χ1) is 22.9. The molecule has 0 atom stereocenters. The summed E-state index contributed by atoms with van der Waals surface area (Å²) in [7, 11) is 3.43. The molecule has 1 aliphatic rings. The Kier molecular flexibility index (Phi) is 8.63. The molecule has 1 aliphatic heterocycles. The summed E-state index contributed by atoms with van der Waals surface area (Å²) in [6.45, 7) is 1.73. The number of carbonyl (C=O) groups excluding carboxylic acids is 2. The van der Waals surface area contributed by atoms with Crippen LogP contribution in [0.1, 0.15) is 38.3 Å². The second-order valence-electron chi connectivity index (χ2n) is 11.4. The minimum Gasteiger partial charge on any atom is -0.350 e. The van der Waals surface area contributed by atoms with E-state index in [9.17, 15) is 22.8 Å². The van der Waals surface area contributed by atoms with Gasteiger partial charge in [-0.15, -0.1) is 0 Å². The second-order valence-corrected chi connectivity index (χ2v) is 11.4. The zero-order valence-electron chi connectivity index (χ0n) is 26.2. The van der Waals surface area contributed by atoms with Crippen LogP contribution in [-0.4, -0.2) is 67.5 Å². The number of imidazole rings is 1. The number of nitrogens with zero attached hydrogens (tertiary/aromatic N) is 6. The van der Waals surface area contributed by atoms with E-state index in [1.165, 1.54) is 30.2 Å². The smallest absolute Gasteiger partial charge is 0.350 e. The van der Waals surface area contributed by atoms with Gasteiger partial charge in [0.25, 0.3) is 5.91 Å². The van der Waals surface area contributed by atoms with Crippen LogP contribution >= 0.6 is 0 Å². The van der Waals surface area contributed by atoms with Crippen LogP contribution in [0.2, 0.25) is 0 Å². The van der Waals surface area contributed by atoms with Crippen LogP contribution in [0.5, 0.6) is 0 Å². The van der Waals surface area contributed by atoms with Gasteiger partial charge in [-0.2, -0.15) is 18.3 Å². The van der Waals surface area contributed by atoms with Crippen molar-refractivity contribution in [2.75, 3.05) is 37.3 Å². The van der Waals surface area contributed by atoms with Gasteiger partial charge < -0.3 is 15.5 Å². The van der Waals surface area contributed by atoms with E-state index in [2.05, 4.69) is 32.6 Å². The van der Waals surface area contributed by atoms with Gasteiger partial charge in [0, 0.05) is 51.7 Å². The summed E-state index contributed by atoms with van der Waals surface area (Å²) < 4.78 is 62.8. The second kappa shape index (κ2) is 12.8. The number of fused-ring (bicyclic) bond motifs is 1. The number of nitrogens with one attached hydrogen (secondary N) is 2. The summed E-state index contributed by atoms with van der Waals surface area (Å²) >= 11 is 0. The zero-order valence-corrected chi connectivity index (χ0v) is 26.2. The quantitative estimate of drug-likeness (QED) is 0.192. The molecule has 0 radical (unpaired) electrons. The number of halogens is 4. The molecule has 246 valence electrons. The first-order valence-electron chi connectivity index (χ1n) is 14.9. The lowest BCUT2D eigenvalue weighted by Crippen LogP contribution is -2.48. The van der Waals surface area contributed by atoms with Crippen molar-refractivity contribution in [3.63, 3.8) is 0 Å². The molecule has 14 heteroatoms. The molecular formula is C34H30F4N8O2. The van der Waals surface area contributed by atoms with Gasteiger partial charge in [-0.3, -0.25) is 23.6 Å². The molecule has 2 amide bonds. The topological polar surface area (TPSA) is 99.8 Å². The van der Waals surface area contributed by atoms with Crippen molar-refractivity contribution >= 4 is 34.5 Å². The summed E-state index contributed by atoms with van der Waals surface area (Å²) in [4.78, 5) is 33.4. The number of alkyl halides is 3. The summed E-state index contributed by atoms with van der Waals surface area (Å²) in [5.74, 6) is 3.18. The summed E-state index contributed by atoms with van der Waals surface area (Å²) in [6.07, 6.45) is 1.56. The van der Waals surface area contributed by atoms with Crippen LogP contribution in [0.3, 0.4) is 0 Å². The summed E-state index contributed by atoms with van der Waals surface area (Å²) in [5, 5.41) is 9.78. The van der Waals surface area contributed by atoms with Crippen LogP contribution in [-0.2, 0) is 24.6 Å². The molecule has 6 rings (SSSR count). The Bertz CT molecular complexity index is 2090. The van der Waals surface area contributed by atoms with Gasteiger partial charge >= 0.3 is 6.18 Å². The highest BCUT2D eigenvalue weighted by Gasteiger charge is 2.40. The van der Waals surface area contributed by atoms with Gasteiger partial charge in [-0.25, -0.2) is 9.37 Å². The van der Waals surface area contributed by atoms with Crippen LogP contribution < -0.4 is 10.6 Å². The average molecular weight is 659 g/mol. The van der Waals surface area contributed by atoms with Crippen molar-refractivity contribution in [1.82, 2.24) is 29.0 Å². The molecule has 0 spiro atoms. The highest BCUT2D eigenvalue weighted by Crippen LogP contribution is 2.41. The van der Waals surface area contributed by atoms with Gasteiger partial charge in [-0.05, 0) is 48.2 Å². The number of pyridine rings is 1. The zero-order chi connectivity index (χ0) is 34.2. The number of piperazine rings is 1. The first kappa shape index (κ1) is 32.3. The fourth-order valence-electron chi connectivity index (χ4n) is 5.59. The minimum absolute atomic E-state index is 0.0460. The van der Waals surface area contributed by atoms with Gasteiger partial charge in [0.2, 0.25) is 5.91 Å². The van der Waals surface area contributed by atoms with Gasteiger partial charge in [0.1, 0.15) is 5.69 Å². The lowest BCUT2D eigenvalue weighted by molar-refractivity contribution is -0.140. The van der Waals surface area contributed by atoms with Gasteiger partial charge in [0.05, 0.1) is 47.1 Å². The van der Waals surface area contributed by atoms with Crippen molar-refractivity contribution in [2.24, 2.45) is 7.05 Å². The fraction of sp³-hybridized carbons (Fsp3) is 0.235. The molecule has 2 aromatic carbocycles. The van der Waals surface area contributed by atoms with E-state index >= 15 is 4.39 Å². The first-order valence-corrected chi connectivity index (χ1v) is 14.9. The van der Waals surface area contributed by atoms with E-state index in [0.29, 0.717) is 30.1 Å². The van der Waals surface area contributed by atoms with E-state index in [4.69, 9.17) is 0 Å². The summed E-state index contributed by atoms with van der Waals surface area (Å²) in [5.41, 5.74) is -0.314. The van der Waals surface area contributed by atoms with E-state index < -0.39 is 29.2 Å². The highest BCUT2D eigenvalue weighted by atomic mass is 19.4. The van der Waals surface area contributed by atoms with Crippen molar-refractivity contribution in [3.05, 3.63) is 107 Å². The predicted molar refractivity (Wildman–Crippen MR) is 171 cm³/mol. The molecule has 5 aromatic rings. The fourth-order valence-corrected chi connectivity index (χ4v) is 5.59. The lowest BCUT2D eigenvalue weighted by Gasteiger charge is -2.33. The van der Waals surface area contributed by atoms with Crippen LogP contribution in [0, 0.1) is 24.6 Å². The molecule has 1 fully saturated rings. The average Bonchev–Trinajstić information content (AvgIpc) is 3.66. The van der Waals surface area contributed by atoms with Gasteiger partial charge in [0.15, 0.2) is 11.5 Å². The summed E-state index contributed by atoms with van der Waals surface area (Å²) in [6, 6.07) is 11.3. The normalized spacial score (nSPS) is 13.8. The third-order valence-electron chi connectivity index (χ3n) is 8.13. The Hall–Kier alpha value is -5.68. The number of hydrogen-bond donors (Lipinski definition) is 2. The standard InChI is InChI=1S/C34H30F4N8O2/c1-21-26(19-45-15-14-43(2)28(47)20-45)25(31(30(35)29(21)34(36,37)38)42-33(48)22-8-5-4-6-9-22)12-11-24-17-39-32-27(10-7-13-46(24)32)41-23-16-40-44(3)18-23/h4-10,13,16-18,41H,14-15,19-20H2,1-3H3,(H,42,48). The molecule has 2 N–H and O–H groups in total. The number of carbonyl (C=O) groups is 2. The van der Waals surface area contributed by atoms with Crippen molar-refractivity contribution in [1.29, 1.82) is 0 Å². The van der Waals surface area contributed by atoms with Crippen LogP contribution in [0.15, 0.2) is 67.3 Å². The van der Waals surface area contributed by atoms with E-state index in [1.54, 1.807) is 70.9 Å². The number of rotatable bonds is 6. The van der Waals surface area contributed by atoms with Crippen molar-refractivity contribution in [2.45, 2.75) is 19.6 Å². The van der Waals surface area contributed by atoms with Gasteiger partial charge in [-0.1, -0.05) is 24.1 Å². The molecule has 48 heavy (non-hydrogen) atoms. The highest BCUT2D eigenvalue weighted by molar-refractivity contribution is 6.05.